The van der Waals surface area contributed by atoms with E-state index in [-0.39, 0.29) is 35.2 Å². The molecular formula is C12H15N5O5S. The van der Waals surface area contributed by atoms with Gasteiger partial charge in [-0.1, -0.05) is 11.8 Å². The zero-order valence-electron chi connectivity index (χ0n) is 12.5. The summed E-state index contributed by atoms with van der Waals surface area (Å²) in [5.74, 6) is -1.20. The number of rotatable bonds is 6. The molecule has 0 aromatic carbocycles. The molecule has 0 aliphatic heterocycles. The lowest BCUT2D eigenvalue weighted by Crippen LogP contribution is -2.30. The number of imidazole rings is 1. The first kappa shape index (κ1) is 16.8. The second-order valence-corrected chi connectivity index (χ2v) is 5.47. The van der Waals surface area contributed by atoms with E-state index in [9.17, 15) is 19.2 Å². The molecule has 3 N–H and O–H groups in total. The number of aromatic amines is 1. The maximum atomic E-state index is 12.0. The molecule has 11 heteroatoms. The van der Waals surface area contributed by atoms with Crippen LogP contribution in [-0.4, -0.2) is 43.3 Å². The summed E-state index contributed by atoms with van der Waals surface area (Å²) in [6.07, 6.45) is 0. The van der Waals surface area contributed by atoms with E-state index in [1.807, 2.05) is 0 Å². The number of nitrogens with one attached hydrogen (secondary N) is 1. The molecule has 0 unspecified atom stereocenters. The number of carbonyl (C=O) groups excluding carboxylic acids is 2. The van der Waals surface area contributed by atoms with Gasteiger partial charge in [0, 0.05) is 7.05 Å². The molecule has 2 rings (SSSR count). The Labute approximate surface area is 133 Å². The molecule has 2 aromatic rings. The number of amides is 1. The Morgan fingerprint density at radius 2 is 2.09 bits per heavy atom. The Morgan fingerprint density at radius 3 is 2.70 bits per heavy atom. The first-order valence-corrected chi connectivity index (χ1v) is 7.60. The highest BCUT2D eigenvalue weighted by atomic mass is 32.2. The van der Waals surface area contributed by atoms with Crippen molar-refractivity contribution >= 4 is 34.8 Å². The van der Waals surface area contributed by atoms with Gasteiger partial charge < -0.3 is 15.0 Å². The highest BCUT2D eigenvalue weighted by Crippen LogP contribution is 2.21. The Hall–Kier alpha value is -2.56. The molecule has 0 aliphatic carbocycles. The lowest BCUT2D eigenvalue weighted by Gasteiger charge is -2.05. The van der Waals surface area contributed by atoms with E-state index in [0.29, 0.717) is 0 Å². The largest absolute Gasteiger partial charge is 0.465 e. The van der Waals surface area contributed by atoms with Crippen LogP contribution in [0.2, 0.25) is 0 Å². The number of H-pyrrole nitrogens is 1. The summed E-state index contributed by atoms with van der Waals surface area (Å²) in [7, 11) is 1.43. The van der Waals surface area contributed by atoms with Crippen molar-refractivity contribution in [1.82, 2.24) is 19.1 Å². The van der Waals surface area contributed by atoms with Crippen LogP contribution in [0.25, 0.3) is 11.2 Å². The third-order valence-electron chi connectivity index (χ3n) is 2.91. The molecule has 23 heavy (non-hydrogen) atoms. The Balaban J connectivity index is 2.54. The number of fused-ring (bicyclic) bond motifs is 1. The number of nitrogens with zero attached hydrogens (tertiary/aromatic N) is 3. The normalized spacial score (nSPS) is 10.9. The van der Waals surface area contributed by atoms with Crippen molar-refractivity contribution in [3.63, 3.8) is 0 Å². The molecule has 0 aliphatic rings. The number of esters is 1. The summed E-state index contributed by atoms with van der Waals surface area (Å²) < 4.78 is 7.23. The standard InChI is InChI=1S/C12H15N5O5S/c1-3-22-7(19)5-23-12-14-9-8(17(12)4-6(13)18)10(20)15-11(21)16(9)2/h3-5H2,1-2H3,(H2,13,18)(H,15,20,21). The number of primary amides is 1. The van der Waals surface area contributed by atoms with Gasteiger partial charge in [-0.05, 0) is 6.92 Å². The van der Waals surface area contributed by atoms with Crippen LogP contribution in [0, 0.1) is 0 Å². The van der Waals surface area contributed by atoms with Gasteiger partial charge >= 0.3 is 11.7 Å². The maximum Gasteiger partial charge on any atom is 0.329 e. The van der Waals surface area contributed by atoms with Crippen molar-refractivity contribution in [2.75, 3.05) is 12.4 Å². The fourth-order valence-corrected chi connectivity index (χ4v) is 2.75. The molecule has 0 fully saturated rings. The van der Waals surface area contributed by atoms with Gasteiger partial charge in [0.1, 0.15) is 6.54 Å². The van der Waals surface area contributed by atoms with Crippen molar-refractivity contribution in [2.24, 2.45) is 12.8 Å². The summed E-state index contributed by atoms with van der Waals surface area (Å²) in [6.45, 7) is 1.62. The minimum Gasteiger partial charge on any atom is -0.465 e. The van der Waals surface area contributed by atoms with E-state index in [0.717, 1.165) is 16.3 Å². The minimum absolute atomic E-state index is 0.0391. The van der Waals surface area contributed by atoms with Crippen LogP contribution in [0.15, 0.2) is 14.7 Å². The smallest absolute Gasteiger partial charge is 0.329 e. The number of hydrogen-bond acceptors (Lipinski definition) is 7. The number of aryl methyl sites for hydroxylation is 1. The highest BCUT2D eigenvalue weighted by Gasteiger charge is 2.19. The maximum absolute atomic E-state index is 12.0. The molecular weight excluding hydrogens is 326 g/mol. The van der Waals surface area contributed by atoms with Gasteiger partial charge in [0.05, 0.1) is 12.4 Å². The summed E-state index contributed by atoms with van der Waals surface area (Å²) in [5.41, 5.74) is 4.03. The molecule has 0 spiro atoms. The first-order chi connectivity index (χ1) is 10.8. The van der Waals surface area contributed by atoms with Gasteiger partial charge in [-0.2, -0.15) is 0 Å². The number of nitrogens with two attached hydrogens (primary N) is 1. The SMILES string of the molecule is CCOC(=O)CSc1nc2c(c(=O)[nH]c(=O)n2C)n1CC(N)=O. The number of ether oxygens (including phenoxy) is 1. The molecule has 0 saturated carbocycles. The third kappa shape index (κ3) is 3.44. The third-order valence-corrected chi connectivity index (χ3v) is 3.86. The average molecular weight is 341 g/mol. The van der Waals surface area contributed by atoms with E-state index < -0.39 is 23.1 Å². The minimum atomic E-state index is -0.685. The molecule has 2 aromatic heterocycles. The molecule has 124 valence electrons. The summed E-state index contributed by atoms with van der Waals surface area (Å²) in [4.78, 5) is 52.7. The number of carbonyl (C=O) groups is 2. The lowest BCUT2D eigenvalue weighted by molar-refractivity contribution is -0.139. The van der Waals surface area contributed by atoms with Crippen LogP contribution in [0.1, 0.15) is 6.92 Å². The molecule has 0 atom stereocenters. The zero-order valence-corrected chi connectivity index (χ0v) is 13.3. The average Bonchev–Trinajstić information content (AvgIpc) is 2.81. The quantitative estimate of drug-likeness (QED) is 0.484. The monoisotopic (exact) mass is 341 g/mol. The molecule has 1 amide bonds. The van der Waals surface area contributed by atoms with Gasteiger partial charge in [0.15, 0.2) is 16.3 Å². The zero-order chi connectivity index (χ0) is 17.1. The number of thioether (sulfide) groups is 1. The van der Waals surface area contributed by atoms with E-state index in [4.69, 9.17) is 10.5 Å². The summed E-state index contributed by atoms with van der Waals surface area (Å²) >= 11 is 0.987. The molecule has 0 saturated heterocycles. The Morgan fingerprint density at radius 1 is 1.39 bits per heavy atom. The van der Waals surface area contributed by atoms with E-state index in [1.54, 1.807) is 6.92 Å². The van der Waals surface area contributed by atoms with Gasteiger partial charge in [-0.25, -0.2) is 9.78 Å². The molecule has 0 bridgehead atoms. The van der Waals surface area contributed by atoms with E-state index >= 15 is 0 Å². The molecule has 2 heterocycles. The summed E-state index contributed by atoms with van der Waals surface area (Å²) in [6, 6.07) is 0. The van der Waals surface area contributed by atoms with E-state index in [2.05, 4.69) is 9.97 Å². The lowest BCUT2D eigenvalue weighted by atomic mass is 10.5. The second-order valence-electron chi connectivity index (χ2n) is 4.53. The van der Waals surface area contributed by atoms with Crippen molar-refractivity contribution < 1.29 is 14.3 Å². The number of aromatic nitrogens is 4. The van der Waals surface area contributed by atoms with Crippen LogP contribution in [0.3, 0.4) is 0 Å². The van der Waals surface area contributed by atoms with Gasteiger partial charge in [0.25, 0.3) is 5.56 Å². The predicted octanol–water partition coefficient (Wildman–Crippen LogP) is -1.44. The van der Waals surface area contributed by atoms with Crippen LogP contribution in [0.5, 0.6) is 0 Å². The van der Waals surface area contributed by atoms with Crippen molar-refractivity contribution in [1.29, 1.82) is 0 Å². The predicted molar refractivity (Wildman–Crippen MR) is 82.1 cm³/mol. The van der Waals surface area contributed by atoms with Gasteiger partial charge in [-0.15, -0.1) is 0 Å². The topological polar surface area (TPSA) is 142 Å². The first-order valence-electron chi connectivity index (χ1n) is 6.61. The van der Waals surface area contributed by atoms with Crippen molar-refractivity contribution in [2.45, 2.75) is 18.6 Å². The van der Waals surface area contributed by atoms with Crippen LogP contribution in [0.4, 0.5) is 0 Å². The van der Waals surface area contributed by atoms with Crippen LogP contribution in [-0.2, 0) is 27.9 Å². The molecule has 10 nitrogen and oxygen atoms in total. The van der Waals surface area contributed by atoms with E-state index in [1.165, 1.54) is 11.6 Å². The van der Waals surface area contributed by atoms with Crippen LogP contribution < -0.4 is 17.0 Å². The second kappa shape index (κ2) is 6.69. The molecule has 0 radical (unpaired) electrons. The fourth-order valence-electron chi connectivity index (χ4n) is 1.95. The number of hydrogen-bond donors (Lipinski definition) is 2. The fraction of sp³-hybridized carbons (Fsp3) is 0.417. The van der Waals surface area contributed by atoms with Crippen LogP contribution >= 0.6 is 11.8 Å². The highest BCUT2D eigenvalue weighted by molar-refractivity contribution is 7.99. The van der Waals surface area contributed by atoms with Gasteiger partial charge in [0.2, 0.25) is 5.91 Å². The summed E-state index contributed by atoms with van der Waals surface area (Å²) in [5, 5.41) is 0.221. The Bertz CT molecular complexity index is 880. The Kier molecular flexibility index (Phi) is 4.89. The van der Waals surface area contributed by atoms with Crippen molar-refractivity contribution in [3.05, 3.63) is 20.8 Å². The van der Waals surface area contributed by atoms with Gasteiger partial charge in [-0.3, -0.25) is 23.9 Å². The van der Waals surface area contributed by atoms with Crippen molar-refractivity contribution in [3.8, 4) is 0 Å².